The zero-order chi connectivity index (χ0) is 9.31. The van der Waals surface area contributed by atoms with Gasteiger partial charge in [0.25, 0.3) is 0 Å². The van der Waals surface area contributed by atoms with Gasteiger partial charge < -0.3 is 5.73 Å². The quantitative estimate of drug-likeness (QED) is 0.820. The average Bonchev–Trinajstić information content (AvgIpc) is 2.54. The van der Waals surface area contributed by atoms with Crippen LogP contribution in [0, 0.1) is 0 Å². The van der Waals surface area contributed by atoms with Crippen LogP contribution in [0.15, 0.2) is 22.8 Å². The first kappa shape index (κ1) is 9.16. The summed E-state index contributed by atoms with van der Waals surface area (Å²) >= 11 is 3.37. The Kier molecular flexibility index (Phi) is 2.39. The summed E-state index contributed by atoms with van der Waals surface area (Å²) in [6.07, 6.45) is 6.42. The molecule has 13 heavy (non-hydrogen) atoms. The first-order chi connectivity index (χ1) is 6.21. The molecule has 1 aromatic heterocycles. The molecule has 1 heterocycles. The molecule has 0 unspecified atom stereocenters. The van der Waals surface area contributed by atoms with Gasteiger partial charge in [0.05, 0.1) is 11.2 Å². The second kappa shape index (κ2) is 3.39. The summed E-state index contributed by atoms with van der Waals surface area (Å²) in [7, 11) is 0. The van der Waals surface area contributed by atoms with Crippen LogP contribution >= 0.6 is 15.9 Å². The van der Waals surface area contributed by atoms with E-state index in [1.54, 1.807) is 0 Å². The maximum absolute atomic E-state index is 6.25. The molecule has 2 rings (SSSR count). The number of rotatable bonds is 1. The lowest BCUT2D eigenvalue weighted by molar-refractivity contribution is 0.447. The number of halogens is 1. The highest BCUT2D eigenvalue weighted by Gasteiger charge is 2.32. The van der Waals surface area contributed by atoms with Crippen LogP contribution in [0.4, 0.5) is 0 Å². The molecule has 1 aliphatic rings. The molecule has 0 aliphatic heterocycles. The molecule has 0 amide bonds. The molecule has 70 valence electrons. The molecule has 0 aromatic carbocycles. The topological polar surface area (TPSA) is 38.9 Å². The fourth-order valence-electron chi connectivity index (χ4n) is 1.93. The molecule has 3 heteroatoms. The third-order valence-corrected chi connectivity index (χ3v) is 3.20. The minimum Gasteiger partial charge on any atom is -0.320 e. The van der Waals surface area contributed by atoms with Crippen LogP contribution in [-0.4, -0.2) is 4.98 Å². The van der Waals surface area contributed by atoms with Gasteiger partial charge in [0, 0.05) is 10.7 Å². The number of pyridine rings is 1. The van der Waals surface area contributed by atoms with E-state index >= 15 is 0 Å². The van der Waals surface area contributed by atoms with Crippen molar-refractivity contribution in [3.8, 4) is 0 Å². The third kappa shape index (κ3) is 1.76. The Morgan fingerprint density at radius 3 is 2.54 bits per heavy atom. The van der Waals surface area contributed by atoms with Crippen molar-refractivity contribution < 1.29 is 0 Å². The lowest BCUT2D eigenvalue weighted by Gasteiger charge is -2.22. The van der Waals surface area contributed by atoms with Crippen molar-refractivity contribution in [3.05, 3.63) is 28.5 Å². The summed E-state index contributed by atoms with van der Waals surface area (Å²) in [5.74, 6) is 0. The monoisotopic (exact) mass is 240 g/mol. The fourth-order valence-corrected chi connectivity index (χ4v) is 2.17. The van der Waals surface area contributed by atoms with E-state index in [-0.39, 0.29) is 5.54 Å². The molecular weight excluding hydrogens is 228 g/mol. The Morgan fingerprint density at radius 2 is 2.00 bits per heavy atom. The highest BCUT2D eigenvalue weighted by Crippen LogP contribution is 2.35. The predicted octanol–water partition coefficient (Wildman–Crippen LogP) is 2.57. The maximum Gasteiger partial charge on any atom is 0.0603 e. The van der Waals surface area contributed by atoms with Gasteiger partial charge in [-0.3, -0.25) is 4.98 Å². The van der Waals surface area contributed by atoms with Crippen LogP contribution in [0.3, 0.4) is 0 Å². The zero-order valence-corrected chi connectivity index (χ0v) is 9.05. The Balaban J connectivity index is 2.29. The van der Waals surface area contributed by atoms with Crippen LogP contribution in [0.2, 0.25) is 0 Å². The molecule has 1 aromatic rings. The van der Waals surface area contributed by atoms with Crippen LogP contribution in [0.5, 0.6) is 0 Å². The summed E-state index contributed by atoms with van der Waals surface area (Å²) in [6.45, 7) is 0. The minimum atomic E-state index is -0.152. The largest absolute Gasteiger partial charge is 0.320 e. The second-order valence-corrected chi connectivity index (χ2v) is 4.64. The number of hydrogen-bond acceptors (Lipinski definition) is 2. The normalized spacial score (nSPS) is 20.5. The van der Waals surface area contributed by atoms with Crippen molar-refractivity contribution >= 4 is 15.9 Å². The summed E-state index contributed by atoms with van der Waals surface area (Å²) in [6, 6.07) is 4.03. The van der Waals surface area contributed by atoms with Gasteiger partial charge in [-0.05, 0) is 40.9 Å². The van der Waals surface area contributed by atoms with Crippen LogP contribution in [-0.2, 0) is 5.54 Å². The molecule has 0 atom stereocenters. The lowest BCUT2D eigenvalue weighted by atomic mass is 9.94. The molecular formula is C10H13BrN2. The average molecular weight is 241 g/mol. The van der Waals surface area contributed by atoms with E-state index < -0.39 is 0 Å². The lowest BCUT2D eigenvalue weighted by Crippen LogP contribution is -2.33. The standard InChI is InChI=1S/C10H13BrN2/c11-8-3-4-9(13-7-8)10(12)5-1-2-6-10/h3-4,7H,1-2,5-6,12H2. The van der Waals surface area contributed by atoms with E-state index in [1.165, 1.54) is 12.8 Å². The summed E-state index contributed by atoms with van der Waals surface area (Å²) in [5.41, 5.74) is 7.14. The minimum absolute atomic E-state index is 0.152. The molecule has 2 nitrogen and oxygen atoms in total. The Morgan fingerprint density at radius 1 is 1.31 bits per heavy atom. The van der Waals surface area contributed by atoms with E-state index in [1.807, 2.05) is 18.3 Å². The number of nitrogens with two attached hydrogens (primary N) is 1. The zero-order valence-electron chi connectivity index (χ0n) is 7.46. The Bertz CT molecular complexity index is 288. The van der Waals surface area contributed by atoms with Crippen molar-refractivity contribution in [3.63, 3.8) is 0 Å². The summed E-state index contributed by atoms with van der Waals surface area (Å²) in [4.78, 5) is 4.36. The molecule has 1 aliphatic carbocycles. The number of nitrogens with zero attached hydrogens (tertiary/aromatic N) is 1. The highest BCUT2D eigenvalue weighted by molar-refractivity contribution is 9.10. The van der Waals surface area contributed by atoms with Gasteiger partial charge in [0.2, 0.25) is 0 Å². The Labute approximate surface area is 86.7 Å². The summed E-state index contributed by atoms with van der Waals surface area (Å²) in [5, 5.41) is 0. The third-order valence-electron chi connectivity index (χ3n) is 2.73. The van der Waals surface area contributed by atoms with Gasteiger partial charge in [0.15, 0.2) is 0 Å². The van der Waals surface area contributed by atoms with Gasteiger partial charge in [-0.15, -0.1) is 0 Å². The second-order valence-electron chi connectivity index (χ2n) is 3.72. The molecule has 0 radical (unpaired) electrons. The van der Waals surface area contributed by atoms with Gasteiger partial charge in [-0.25, -0.2) is 0 Å². The van der Waals surface area contributed by atoms with Crippen molar-refractivity contribution in [1.82, 2.24) is 4.98 Å². The molecule has 1 saturated carbocycles. The fraction of sp³-hybridized carbons (Fsp3) is 0.500. The van der Waals surface area contributed by atoms with Gasteiger partial charge in [0.1, 0.15) is 0 Å². The van der Waals surface area contributed by atoms with E-state index in [0.717, 1.165) is 23.0 Å². The predicted molar refractivity (Wildman–Crippen MR) is 56.3 cm³/mol. The van der Waals surface area contributed by atoms with Crippen LogP contribution < -0.4 is 5.73 Å². The van der Waals surface area contributed by atoms with Crippen molar-refractivity contribution in [1.29, 1.82) is 0 Å². The van der Waals surface area contributed by atoms with Gasteiger partial charge in [-0.2, -0.15) is 0 Å². The number of aromatic nitrogens is 1. The molecule has 2 N–H and O–H groups in total. The van der Waals surface area contributed by atoms with Crippen molar-refractivity contribution in [2.75, 3.05) is 0 Å². The summed E-state index contributed by atoms with van der Waals surface area (Å²) < 4.78 is 1.01. The van der Waals surface area contributed by atoms with Crippen LogP contribution in [0.1, 0.15) is 31.4 Å². The molecule has 0 bridgehead atoms. The number of hydrogen-bond donors (Lipinski definition) is 1. The first-order valence-electron chi connectivity index (χ1n) is 4.62. The highest BCUT2D eigenvalue weighted by atomic mass is 79.9. The van der Waals surface area contributed by atoms with E-state index in [9.17, 15) is 0 Å². The molecule has 1 fully saturated rings. The van der Waals surface area contributed by atoms with Gasteiger partial charge in [-0.1, -0.05) is 12.8 Å². The smallest absolute Gasteiger partial charge is 0.0603 e. The molecule has 0 saturated heterocycles. The van der Waals surface area contributed by atoms with E-state index in [2.05, 4.69) is 20.9 Å². The van der Waals surface area contributed by atoms with E-state index in [4.69, 9.17) is 5.73 Å². The maximum atomic E-state index is 6.25. The first-order valence-corrected chi connectivity index (χ1v) is 5.41. The SMILES string of the molecule is NC1(c2ccc(Br)cn2)CCCC1. The van der Waals surface area contributed by atoms with Crippen molar-refractivity contribution in [2.45, 2.75) is 31.2 Å². The molecule has 0 spiro atoms. The van der Waals surface area contributed by atoms with Crippen LogP contribution in [0.25, 0.3) is 0 Å². The van der Waals surface area contributed by atoms with E-state index in [0.29, 0.717) is 0 Å². The van der Waals surface area contributed by atoms with Gasteiger partial charge >= 0.3 is 0 Å². The van der Waals surface area contributed by atoms with Crippen molar-refractivity contribution in [2.24, 2.45) is 5.73 Å². The Hall–Kier alpha value is -0.410.